The van der Waals surface area contributed by atoms with Crippen molar-refractivity contribution in [3.63, 3.8) is 0 Å². The van der Waals surface area contributed by atoms with Gasteiger partial charge in [0.2, 0.25) is 0 Å². The van der Waals surface area contributed by atoms with Crippen molar-refractivity contribution < 1.29 is 0 Å². The van der Waals surface area contributed by atoms with Crippen molar-refractivity contribution in [1.29, 1.82) is 0 Å². The van der Waals surface area contributed by atoms with Crippen molar-refractivity contribution in [3.05, 3.63) is 35.9 Å². The molecule has 0 fully saturated rings. The molecular weight excluding hydrogens is 190 g/mol. The Bertz CT molecular complexity index is 246. The second-order valence-electron chi connectivity index (χ2n) is 3.74. The fraction of sp³-hybridized carbons (Fsp3) is 0.500. The average Bonchev–Trinajstić information content (AvgIpc) is 2.18. The smallest absolute Gasteiger partial charge is 0.0413 e. The normalized spacial score (nSPS) is 13.1. The Labute approximate surface area is 91.3 Å². The molecule has 0 aromatic heterocycles. The highest BCUT2D eigenvalue weighted by Gasteiger charge is 2.10. The van der Waals surface area contributed by atoms with Crippen LogP contribution >= 0.6 is 11.8 Å². The van der Waals surface area contributed by atoms with Gasteiger partial charge in [0.1, 0.15) is 0 Å². The summed E-state index contributed by atoms with van der Waals surface area (Å²) in [6, 6.07) is 11.7. The summed E-state index contributed by atoms with van der Waals surface area (Å²) >= 11 is 1.88. The van der Waals surface area contributed by atoms with E-state index < -0.39 is 0 Å². The Morgan fingerprint density at radius 3 is 2.36 bits per heavy atom. The molecule has 0 saturated carbocycles. The Balaban J connectivity index is 2.67. The second kappa shape index (κ2) is 6.10. The van der Waals surface area contributed by atoms with Crippen molar-refractivity contribution in [1.82, 2.24) is 5.32 Å². The van der Waals surface area contributed by atoms with Crippen LogP contribution in [-0.2, 0) is 0 Å². The minimum absolute atomic E-state index is 0.478. The lowest BCUT2D eigenvalue weighted by Gasteiger charge is -2.20. The van der Waals surface area contributed by atoms with Crippen LogP contribution in [-0.4, -0.2) is 18.1 Å². The van der Waals surface area contributed by atoms with E-state index in [9.17, 15) is 0 Å². The van der Waals surface area contributed by atoms with Crippen LogP contribution in [0.2, 0.25) is 0 Å². The molecule has 1 aromatic carbocycles. The molecule has 1 rings (SSSR count). The molecule has 1 atom stereocenters. The van der Waals surface area contributed by atoms with Crippen LogP contribution in [0.15, 0.2) is 30.3 Å². The zero-order valence-electron chi connectivity index (χ0n) is 9.16. The lowest BCUT2D eigenvalue weighted by molar-refractivity contribution is 0.512. The number of benzene rings is 1. The maximum Gasteiger partial charge on any atom is 0.0413 e. The molecule has 0 radical (unpaired) electrons. The van der Waals surface area contributed by atoms with Gasteiger partial charge < -0.3 is 5.32 Å². The Hall–Kier alpha value is -0.470. The molecular formula is C12H19NS. The first-order valence-electron chi connectivity index (χ1n) is 5.04. The van der Waals surface area contributed by atoms with Gasteiger partial charge in [0, 0.05) is 17.8 Å². The van der Waals surface area contributed by atoms with Crippen molar-refractivity contribution in [2.24, 2.45) is 0 Å². The highest BCUT2D eigenvalue weighted by Crippen LogP contribution is 2.17. The van der Waals surface area contributed by atoms with Gasteiger partial charge in [-0.3, -0.25) is 0 Å². The molecule has 0 aliphatic carbocycles. The van der Waals surface area contributed by atoms with E-state index in [0.29, 0.717) is 12.1 Å². The van der Waals surface area contributed by atoms with E-state index in [1.807, 2.05) is 11.8 Å². The largest absolute Gasteiger partial charge is 0.307 e. The first-order chi connectivity index (χ1) is 6.74. The molecule has 2 heteroatoms. The van der Waals surface area contributed by atoms with E-state index in [-0.39, 0.29) is 0 Å². The van der Waals surface area contributed by atoms with Crippen LogP contribution in [0.1, 0.15) is 25.5 Å². The zero-order chi connectivity index (χ0) is 10.4. The molecule has 1 nitrogen and oxygen atoms in total. The first kappa shape index (κ1) is 11.6. The quantitative estimate of drug-likeness (QED) is 0.800. The molecule has 0 spiro atoms. The van der Waals surface area contributed by atoms with Crippen molar-refractivity contribution in [2.75, 3.05) is 12.0 Å². The Kier molecular flexibility index (Phi) is 5.05. The highest BCUT2D eigenvalue weighted by atomic mass is 32.2. The molecule has 0 aliphatic rings. The molecule has 0 amide bonds. The fourth-order valence-corrected chi connectivity index (χ4v) is 2.12. The van der Waals surface area contributed by atoms with Gasteiger partial charge in [0.15, 0.2) is 0 Å². The molecule has 0 bridgehead atoms. The standard InChI is InChI=1S/C12H19NS/c1-10(2)13-12(9-14-3)11-7-5-4-6-8-11/h4-8,10,12-13H,9H2,1-3H3/t12-/m1/s1. The Morgan fingerprint density at radius 2 is 1.86 bits per heavy atom. The van der Waals surface area contributed by atoms with E-state index in [2.05, 4.69) is 55.8 Å². The van der Waals surface area contributed by atoms with Gasteiger partial charge in [0.05, 0.1) is 0 Å². The zero-order valence-corrected chi connectivity index (χ0v) is 9.97. The number of nitrogens with one attached hydrogen (secondary N) is 1. The first-order valence-corrected chi connectivity index (χ1v) is 6.43. The number of hydrogen-bond acceptors (Lipinski definition) is 2. The SMILES string of the molecule is CSC[C@@H](NC(C)C)c1ccccc1. The molecule has 0 unspecified atom stereocenters. The third-order valence-corrected chi connectivity index (χ3v) is 2.74. The lowest BCUT2D eigenvalue weighted by atomic mass is 10.1. The molecule has 14 heavy (non-hydrogen) atoms. The molecule has 0 heterocycles. The highest BCUT2D eigenvalue weighted by molar-refractivity contribution is 7.98. The third-order valence-electron chi connectivity index (χ3n) is 2.07. The summed E-state index contributed by atoms with van der Waals surface area (Å²) in [6.07, 6.45) is 2.15. The number of rotatable bonds is 5. The predicted molar refractivity (Wildman–Crippen MR) is 65.8 cm³/mol. The van der Waals surface area contributed by atoms with E-state index in [0.717, 1.165) is 5.75 Å². The maximum atomic E-state index is 3.58. The number of hydrogen-bond donors (Lipinski definition) is 1. The van der Waals surface area contributed by atoms with Crippen molar-refractivity contribution >= 4 is 11.8 Å². The van der Waals surface area contributed by atoms with Gasteiger partial charge in [-0.1, -0.05) is 44.2 Å². The second-order valence-corrected chi connectivity index (χ2v) is 4.65. The van der Waals surface area contributed by atoms with E-state index in [1.165, 1.54) is 5.56 Å². The molecule has 1 aromatic rings. The van der Waals surface area contributed by atoms with E-state index >= 15 is 0 Å². The summed E-state index contributed by atoms with van der Waals surface area (Å²) in [6.45, 7) is 4.38. The van der Waals surface area contributed by atoms with Gasteiger partial charge in [-0.2, -0.15) is 11.8 Å². The fourth-order valence-electron chi connectivity index (χ4n) is 1.49. The molecule has 1 N–H and O–H groups in total. The summed E-state index contributed by atoms with van der Waals surface area (Å²) < 4.78 is 0. The predicted octanol–water partition coefficient (Wildman–Crippen LogP) is 3.09. The van der Waals surface area contributed by atoms with E-state index in [4.69, 9.17) is 0 Å². The lowest BCUT2D eigenvalue weighted by Crippen LogP contribution is -2.29. The minimum atomic E-state index is 0.478. The van der Waals surface area contributed by atoms with Gasteiger partial charge in [-0.05, 0) is 11.8 Å². The number of thioether (sulfide) groups is 1. The minimum Gasteiger partial charge on any atom is -0.307 e. The third kappa shape index (κ3) is 3.72. The molecule has 0 saturated heterocycles. The van der Waals surface area contributed by atoms with Gasteiger partial charge in [-0.25, -0.2) is 0 Å². The summed E-state index contributed by atoms with van der Waals surface area (Å²) in [5, 5.41) is 3.58. The molecule has 0 aliphatic heterocycles. The monoisotopic (exact) mass is 209 g/mol. The van der Waals surface area contributed by atoms with Crippen LogP contribution in [0, 0.1) is 0 Å². The van der Waals surface area contributed by atoms with Crippen LogP contribution in [0.3, 0.4) is 0 Å². The van der Waals surface area contributed by atoms with Gasteiger partial charge in [0.25, 0.3) is 0 Å². The van der Waals surface area contributed by atoms with E-state index in [1.54, 1.807) is 0 Å². The topological polar surface area (TPSA) is 12.0 Å². The maximum absolute atomic E-state index is 3.58. The molecule has 78 valence electrons. The van der Waals surface area contributed by atoms with Crippen molar-refractivity contribution in [2.45, 2.75) is 25.9 Å². The van der Waals surface area contributed by atoms with Crippen molar-refractivity contribution in [3.8, 4) is 0 Å². The Morgan fingerprint density at radius 1 is 1.21 bits per heavy atom. The average molecular weight is 209 g/mol. The van der Waals surface area contributed by atoms with Crippen LogP contribution in [0.4, 0.5) is 0 Å². The van der Waals surface area contributed by atoms with Gasteiger partial charge >= 0.3 is 0 Å². The summed E-state index contributed by atoms with van der Waals surface area (Å²) in [5.41, 5.74) is 1.38. The summed E-state index contributed by atoms with van der Waals surface area (Å²) in [7, 11) is 0. The van der Waals surface area contributed by atoms with Crippen LogP contribution < -0.4 is 5.32 Å². The van der Waals surface area contributed by atoms with Crippen LogP contribution in [0.25, 0.3) is 0 Å². The van der Waals surface area contributed by atoms with Gasteiger partial charge in [-0.15, -0.1) is 0 Å². The van der Waals surface area contributed by atoms with Crippen LogP contribution in [0.5, 0.6) is 0 Å². The summed E-state index contributed by atoms with van der Waals surface area (Å²) in [4.78, 5) is 0. The summed E-state index contributed by atoms with van der Waals surface area (Å²) in [5.74, 6) is 1.13.